The average molecular weight is 235 g/mol. The van der Waals surface area contributed by atoms with Crippen molar-refractivity contribution in [3.8, 4) is 0 Å². The van der Waals surface area contributed by atoms with E-state index >= 15 is 0 Å². The molecule has 1 aromatic heterocycles. The Morgan fingerprint density at radius 2 is 2.12 bits per heavy atom. The van der Waals surface area contributed by atoms with Gasteiger partial charge in [0, 0.05) is 32.4 Å². The van der Waals surface area contributed by atoms with E-state index in [0.717, 1.165) is 25.3 Å². The molecule has 4 nitrogen and oxygen atoms in total. The second kappa shape index (κ2) is 5.58. The van der Waals surface area contributed by atoms with Crippen molar-refractivity contribution in [2.24, 2.45) is 5.73 Å². The van der Waals surface area contributed by atoms with E-state index in [0.29, 0.717) is 18.8 Å². The summed E-state index contributed by atoms with van der Waals surface area (Å²) in [6, 6.07) is 4.09. The molecule has 2 unspecified atom stereocenters. The zero-order valence-corrected chi connectivity index (χ0v) is 10.6. The molecule has 1 aliphatic rings. The van der Waals surface area contributed by atoms with Crippen LogP contribution in [-0.4, -0.2) is 35.2 Å². The quantitative estimate of drug-likeness (QED) is 0.854. The van der Waals surface area contributed by atoms with Crippen molar-refractivity contribution in [1.82, 2.24) is 9.88 Å². The van der Waals surface area contributed by atoms with Gasteiger partial charge in [0.05, 0.1) is 17.9 Å². The zero-order valence-electron chi connectivity index (χ0n) is 10.6. The van der Waals surface area contributed by atoms with Crippen LogP contribution in [0.5, 0.6) is 0 Å². The fourth-order valence-corrected chi connectivity index (χ4v) is 2.45. The van der Waals surface area contributed by atoms with Crippen LogP contribution in [0, 0.1) is 0 Å². The number of rotatable bonds is 3. The Balaban J connectivity index is 2.04. The van der Waals surface area contributed by atoms with Crippen LogP contribution in [0.4, 0.5) is 0 Å². The highest BCUT2D eigenvalue weighted by atomic mass is 16.5. The Morgan fingerprint density at radius 3 is 2.76 bits per heavy atom. The number of nitrogens with two attached hydrogens (primary N) is 1. The van der Waals surface area contributed by atoms with Crippen LogP contribution in [0.1, 0.15) is 25.1 Å². The van der Waals surface area contributed by atoms with Crippen molar-refractivity contribution in [3.05, 3.63) is 29.6 Å². The molecule has 0 aliphatic carbocycles. The van der Waals surface area contributed by atoms with Crippen molar-refractivity contribution in [1.29, 1.82) is 0 Å². The minimum atomic E-state index is 0.303. The van der Waals surface area contributed by atoms with E-state index in [1.54, 1.807) is 6.20 Å². The molecule has 0 spiro atoms. The third-order valence-corrected chi connectivity index (χ3v) is 3.07. The SMILES string of the molecule is CC1CN(Cc2cccnc2CN)CC(C)O1. The summed E-state index contributed by atoms with van der Waals surface area (Å²) in [4.78, 5) is 6.73. The largest absolute Gasteiger partial charge is 0.373 e. The maximum absolute atomic E-state index is 5.73. The van der Waals surface area contributed by atoms with Crippen molar-refractivity contribution in [2.75, 3.05) is 13.1 Å². The summed E-state index contributed by atoms with van der Waals surface area (Å²) in [5.41, 5.74) is 7.94. The molecule has 0 saturated carbocycles. The number of nitrogens with zero attached hydrogens (tertiary/aromatic N) is 2. The van der Waals surface area contributed by atoms with Gasteiger partial charge in [-0.1, -0.05) is 6.07 Å². The number of hydrogen-bond acceptors (Lipinski definition) is 4. The van der Waals surface area contributed by atoms with E-state index in [2.05, 4.69) is 29.8 Å². The molecule has 0 radical (unpaired) electrons. The van der Waals surface area contributed by atoms with E-state index in [-0.39, 0.29) is 0 Å². The first kappa shape index (κ1) is 12.5. The Kier molecular flexibility index (Phi) is 4.10. The maximum atomic E-state index is 5.73. The first-order valence-corrected chi connectivity index (χ1v) is 6.19. The summed E-state index contributed by atoms with van der Waals surface area (Å²) in [5, 5.41) is 0. The lowest BCUT2D eigenvalue weighted by atomic mass is 10.1. The Morgan fingerprint density at radius 1 is 1.41 bits per heavy atom. The van der Waals surface area contributed by atoms with Gasteiger partial charge in [-0.05, 0) is 25.5 Å². The minimum absolute atomic E-state index is 0.303. The van der Waals surface area contributed by atoms with Crippen molar-refractivity contribution in [2.45, 2.75) is 39.1 Å². The fraction of sp³-hybridized carbons (Fsp3) is 0.615. The Hall–Kier alpha value is -0.970. The summed E-state index contributed by atoms with van der Waals surface area (Å²) in [7, 11) is 0. The molecule has 1 saturated heterocycles. The van der Waals surface area contributed by atoms with E-state index in [1.165, 1.54) is 5.56 Å². The molecule has 2 heterocycles. The van der Waals surface area contributed by atoms with Crippen molar-refractivity contribution >= 4 is 0 Å². The zero-order chi connectivity index (χ0) is 12.3. The fourth-order valence-electron chi connectivity index (χ4n) is 2.45. The molecule has 17 heavy (non-hydrogen) atoms. The second-order valence-corrected chi connectivity index (χ2v) is 4.76. The molecular weight excluding hydrogens is 214 g/mol. The van der Waals surface area contributed by atoms with Crippen molar-refractivity contribution < 1.29 is 4.74 Å². The van der Waals surface area contributed by atoms with E-state index in [4.69, 9.17) is 10.5 Å². The maximum Gasteiger partial charge on any atom is 0.0678 e. The molecule has 0 amide bonds. The summed E-state index contributed by atoms with van der Waals surface area (Å²) < 4.78 is 5.73. The van der Waals surface area contributed by atoms with Gasteiger partial charge in [-0.3, -0.25) is 9.88 Å². The molecule has 1 fully saturated rings. The van der Waals surface area contributed by atoms with Crippen LogP contribution in [0.15, 0.2) is 18.3 Å². The van der Waals surface area contributed by atoms with Gasteiger partial charge in [-0.25, -0.2) is 0 Å². The van der Waals surface area contributed by atoms with E-state index < -0.39 is 0 Å². The molecule has 1 aromatic rings. The Bertz CT molecular complexity index is 359. The van der Waals surface area contributed by atoms with Gasteiger partial charge in [-0.15, -0.1) is 0 Å². The highest BCUT2D eigenvalue weighted by molar-refractivity contribution is 5.19. The van der Waals surface area contributed by atoms with E-state index in [9.17, 15) is 0 Å². The normalized spacial score (nSPS) is 26.1. The average Bonchev–Trinajstić information content (AvgIpc) is 2.28. The van der Waals surface area contributed by atoms with Gasteiger partial charge in [-0.2, -0.15) is 0 Å². The highest BCUT2D eigenvalue weighted by Crippen LogP contribution is 2.15. The number of pyridine rings is 1. The third kappa shape index (κ3) is 3.25. The first-order valence-electron chi connectivity index (χ1n) is 6.19. The van der Waals surface area contributed by atoms with Gasteiger partial charge < -0.3 is 10.5 Å². The number of hydrogen-bond donors (Lipinski definition) is 1. The van der Waals surface area contributed by atoms with Crippen LogP contribution >= 0.6 is 0 Å². The number of ether oxygens (including phenoxy) is 1. The molecule has 2 rings (SSSR count). The van der Waals surface area contributed by atoms with Crippen LogP contribution in [0.2, 0.25) is 0 Å². The predicted octanol–water partition coefficient (Wildman–Crippen LogP) is 1.15. The number of aromatic nitrogens is 1. The van der Waals surface area contributed by atoms with E-state index in [1.807, 2.05) is 6.07 Å². The van der Waals surface area contributed by atoms with Crippen LogP contribution in [0.25, 0.3) is 0 Å². The van der Waals surface area contributed by atoms with Gasteiger partial charge >= 0.3 is 0 Å². The van der Waals surface area contributed by atoms with Crippen molar-refractivity contribution in [3.63, 3.8) is 0 Å². The molecule has 4 heteroatoms. The standard InChI is InChI=1S/C13H21N3O/c1-10-7-16(8-11(2)17-10)9-12-4-3-5-15-13(12)6-14/h3-5,10-11H,6-9,14H2,1-2H3. The molecular formula is C13H21N3O. The topological polar surface area (TPSA) is 51.4 Å². The van der Waals surface area contributed by atoms with Gasteiger partial charge in [0.15, 0.2) is 0 Å². The molecule has 2 atom stereocenters. The lowest BCUT2D eigenvalue weighted by Gasteiger charge is -2.35. The predicted molar refractivity (Wildman–Crippen MR) is 67.4 cm³/mol. The lowest BCUT2D eigenvalue weighted by molar-refractivity contribution is -0.0705. The summed E-state index contributed by atoms with van der Waals surface area (Å²) in [6.07, 6.45) is 2.41. The highest BCUT2D eigenvalue weighted by Gasteiger charge is 2.22. The monoisotopic (exact) mass is 235 g/mol. The summed E-state index contributed by atoms with van der Waals surface area (Å²) >= 11 is 0. The molecule has 0 bridgehead atoms. The third-order valence-electron chi connectivity index (χ3n) is 3.07. The second-order valence-electron chi connectivity index (χ2n) is 4.76. The summed E-state index contributed by atoms with van der Waals surface area (Å²) in [6.45, 7) is 7.61. The summed E-state index contributed by atoms with van der Waals surface area (Å²) in [5.74, 6) is 0. The number of morpholine rings is 1. The molecule has 2 N–H and O–H groups in total. The van der Waals surface area contributed by atoms with Gasteiger partial charge in [0.25, 0.3) is 0 Å². The van der Waals surface area contributed by atoms with Crippen LogP contribution < -0.4 is 5.73 Å². The minimum Gasteiger partial charge on any atom is -0.373 e. The first-order chi connectivity index (χ1) is 8.19. The molecule has 94 valence electrons. The van der Waals surface area contributed by atoms with Gasteiger partial charge in [0.2, 0.25) is 0 Å². The molecule has 1 aliphatic heterocycles. The van der Waals surface area contributed by atoms with Gasteiger partial charge in [0.1, 0.15) is 0 Å². The lowest BCUT2D eigenvalue weighted by Crippen LogP contribution is -2.45. The molecule has 0 aromatic carbocycles. The van der Waals surface area contributed by atoms with Crippen LogP contribution in [-0.2, 0) is 17.8 Å². The Labute approximate surface area is 103 Å². The smallest absolute Gasteiger partial charge is 0.0678 e. The van der Waals surface area contributed by atoms with Crippen LogP contribution in [0.3, 0.4) is 0 Å².